The Morgan fingerprint density at radius 3 is 2.69 bits per heavy atom. The molecule has 0 aliphatic rings. The Kier molecular flexibility index (Phi) is 5.29. The van der Waals surface area contributed by atoms with Crippen molar-refractivity contribution in [3.8, 4) is 0 Å². The molecule has 0 bridgehead atoms. The molecule has 0 fully saturated rings. The summed E-state index contributed by atoms with van der Waals surface area (Å²) in [5.41, 5.74) is 1.64. The van der Waals surface area contributed by atoms with Gasteiger partial charge >= 0.3 is 5.97 Å². The third kappa shape index (κ3) is 4.28. The van der Waals surface area contributed by atoms with Crippen molar-refractivity contribution < 1.29 is 9.53 Å². The fourth-order valence-corrected chi connectivity index (χ4v) is 1.26. The zero-order valence-corrected chi connectivity index (χ0v) is 9.53. The van der Waals surface area contributed by atoms with Crippen molar-refractivity contribution >= 4 is 5.97 Å². The van der Waals surface area contributed by atoms with Crippen molar-refractivity contribution in [1.29, 1.82) is 0 Å². The largest absolute Gasteiger partial charge is 0.463 e. The number of ether oxygens (including phenoxy) is 1. The number of hydrogen-bond donors (Lipinski definition) is 1. The molecule has 3 heteroatoms. The topological polar surface area (TPSA) is 38.3 Å². The Morgan fingerprint density at radius 2 is 2.06 bits per heavy atom. The third-order valence-electron chi connectivity index (χ3n) is 2.07. The van der Waals surface area contributed by atoms with Gasteiger partial charge in [-0.2, -0.15) is 0 Å². The molecule has 0 aromatic heterocycles. The molecule has 1 aromatic rings. The smallest absolute Gasteiger partial charge is 0.334 e. The van der Waals surface area contributed by atoms with E-state index in [1.165, 1.54) is 5.56 Å². The van der Waals surface area contributed by atoms with Crippen molar-refractivity contribution in [2.75, 3.05) is 13.2 Å². The maximum absolute atomic E-state index is 11.2. The third-order valence-corrected chi connectivity index (χ3v) is 2.07. The van der Waals surface area contributed by atoms with Gasteiger partial charge in [0.05, 0.1) is 6.61 Å². The van der Waals surface area contributed by atoms with Gasteiger partial charge in [0.15, 0.2) is 0 Å². The highest BCUT2D eigenvalue weighted by Gasteiger charge is 2.06. The second-order valence-corrected chi connectivity index (χ2v) is 3.41. The Morgan fingerprint density at radius 1 is 1.38 bits per heavy atom. The van der Waals surface area contributed by atoms with E-state index in [9.17, 15) is 4.79 Å². The molecule has 0 aliphatic carbocycles. The van der Waals surface area contributed by atoms with Crippen LogP contribution < -0.4 is 5.32 Å². The molecule has 0 heterocycles. The molecule has 1 N–H and O–H groups in total. The first-order valence-electron chi connectivity index (χ1n) is 5.33. The van der Waals surface area contributed by atoms with Gasteiger partial charge in [-0.25, -0.2) is 4.79 Å². The van der Waals surface area contributed by atoms with Gasteiger partial charge in [0, 0.05) is 18.7 Å². The molecule has 0 atom stereocenters. The lowest BCUT2D eigenvalue weighted by Crippen LogP contribution is -2.21. The number of hydrogen-bond acceptors (Lipinski definition) is 3. The van der Waals surface area contributed by atoms with Gasteiger partial charge in [0.1, 0.15) is 0 Å². The maximum Gasteiger partial charge on any atom is 0.334 e. The number of rotatable bonds is 6. The molecule has 0 aliphatic heterocycles. The summed E-state index contributed by atoms with van der Waals surface area (Å²) in [5, 5.41) is 3.14. The summed E-state index contributed by atoms with van der Waals surface area (Å²) >= 11 is 0. The number of carbonyl (C=O) groups is 1. The number of nitrogens with one attached hydrogen (secondary N) is 1. The van der Waals surface area contributed by atoms with Crippen LogP contribution in [0.3, 0.4) is 0 Å². The highest BCUT2D eigenvalue weighted by molar-refractivity contribution is 5.88. The van der Waals surface area contributed by atoms with Crippen LogP contribution in [0.1, 0.15) is 12.5 Å². The van der Waals surface area contributed by atoms with Crippen LogP contribution in [0.4, 0.5) is 0 Å². The Bertz CT molecular complexity index is 346. The van der Waals surface area contributed by atoms with Crippen molar-refractivity contribution in [2.24, 2.45) is 0 Å². The van der Waals surface area contributed by atoms with Crippen molar-refractivity contribution in [3.63, 3.8) is 0 Å². The molecule has 0 saturated heterocycles. The average Bonchev–Trinajstić information content (AvgIpc) is 2.30. The highest BCUT2D eigenvalue weighted by Crippen LogP contribution is 1.98. The van der Waals surface area contributed by atoms with E-state index in [2.05, 4.69) is 11.9 Å². The molecule has 1 aromatic carbocycles. The first-order valence-corrected chi connectivity index (χ1v) is 5.33. The van der Waals surface area contributed by atoms with E-state index in [0.717, 1.165) is 6.54 Å². The summed E-state index contributed by atoms with van der Waals surface area (Å²) in [4.78, 5) is 11.2. The zero-order chi connectivity index (χ0) is 11.8. The standard InChI is InChI=1S/C13H17NO2/c1-3-16-13(15)11(2)9-14-10-12-7-5-4-6-8-12/h4-8,14H,2-3,9-10H2,1H3. The van der Waals surface area contributed by atoms with E-state index < -0.39 is 0 Å². The van der Waals surface area contributed by atoms with Crippen LogP contribution in [0.2, 0.25) is 0 Å². The number of esters is 1. The fourth-order valence-electron chi connectivity index (χ4n) is 1.26. The van der Waals surface area contributed by atoms with E-state index in [-0.39, 0.29) is 5.97 Å². The van der Waals surface area contributed by atoms with Gasteiger partial charge < -0.3 is 10.1 Å². The van der Waals surface area contributed by atoms with E-state index in [1.54, 1.807) is 6.92 Å². The molecule has 16 heavy (non-hydrogen) atoms. The summed E-state index contributed by atoms with van der Waals surface area (Å²) in [7, 11) is 0. The van der Waals surface area contributed by atoms with Crippen LogP contribution in [0.15, 0.2) is 42.5 Å². The normalized spacial score (nSPS) is 9.81. The SMILES string of the molecule is C=C(CNCc1ccccc1)C(=O)OCC. The molecule has 86 valence electrons. The lowest BCUT2D eigenvalue weighted by molar-refractivity contribution is -0.138. The molecule has 1 rings (SSSR count). The predicted octanol–water partition coefficient (Wildman–Crippen LogP) is 1.90. The monoisotopic (exact) mass is 219 g/mol. The molecular formula is C13H17NO2. The van der Waals surface area contributed by atoms with E-state index >= 15 is 0 Å². The van der Waals surface area contributed by atoms with Crippen LogP contribution in [-0.4, -0.2) is 19.1 Å². The second-order valence-electron chi connectivity index (χ2n) is 3.41. The van der Waals surface area contributed by atoms with Gasteiger partial charge in [-0.15, -0.1) is 0 Å². The minimum atomic E-state index is -0.330. The van der Waals surface area contributed by atoms with Gasteiger partial charge in [-0.3, -0.25) is 0 Å². The van der Waals surface area contributed by atoms with E-state index in [4.69, 9.17) is 4.74 Å². The summed E-state index contributed by atoms with van der Waals surface area (Å²) in [5.74, 6) is -0.330. The molecule has 0 saturated carbocycles. The van der Waals surface area contributed by atoms with Gasteiger partial charge in [0.2, 0.25) is 0 Å². The predicted molar refractivity (Wildman–Crippen MR) is 63.9 cm³/mol. The van der Waals surface area contributed by atoms with Crippen LogP contribution >= 0.6 is 0 Å². The average molecular weight is 219 g/mol. The summed E-state index contributed by atoms with van der Waals surface area (Å²) in [6.07, 6.45) is 0. The first-order chi connectivity index (χ1) is 7.74. The highest BCUT2D eigenvalue weighted by atomic mass is 16.5. The summed E-state index contributed by atoms with van der Waals surface area (Å²) < 4.78 is 4.83. The molecule has 0 spiro atoms. The first kappa shape index (κ1) is 12.5. The zero-order valence-electron chi connectivity index (χ0n) is 9.53. The Labute approximate surface area is 96.1 Å². The Balaban J connectivity index is 2.26. The minimum absolute atomic E-state index is 0.330. The molecule has 3 nitrogen and oxygen atoms in total. The number of benzene rings is 1. The minimum Gasteiger partial charge on any atom is -0.463 e. The Hall–Kier alpha value is -1.61. The maximum atomic E-state index is 11.2. The van der Waals surface area contributed by atoms with E-state index in [1.807, 2.05) is 30.3 Å². The lowest BCUT2D eigenvalue weighted by Gasteiger charge is -2.07. The van der Waals surface area contributed by atoms with Gasteiger partial charge in [-0.1, -0.05) is 36.9 Å². The van der Waals surface area contributed by atoms with Gasteiger partial charge in [-0.05, 0) is 12.5 Å². The van der Waals surface area contributed by atoms with Crippen LogP contribution in [0.25, 0.3) is 0 Å². The summed E-state index contributed by atoms with van der Waals surface area (Å²) in [6, 6.07) is 10.00. The van der Waals surface area contributed by atoms with Crippen LogP contribution in [-0.2, 0) is 16.1 Å². The van der Waals surface area contributed by atoms with Gasteiger partial charge in [0.25, 0.3) is 0 Å². The van der Waals surface area contributed by atoms with Crippen LogP contribution in [0, 0.1) is 0 Å². The lowest BCUT2D eigenvalue weighted by atomic mass is 10.2. The molecule has 0 radical (unpaired) electrons. The van der Waals surface area contributed by atoms with Crippen molar-refractivity contribution in [2.45, 2.75) is 13.5 Å². The molecule has 0 unspecified atom stereocenters. The van der Waals surface area contributed by atoms with E-state index in [0.29, 0.717) is 18.7 Å². The second kappa shape index (κ2) is 6.80. The van der Waals surface area contributed by atoms with Crippen molar-refractivity contribution in [1.82, 2.24) is 5.32 Å². The van der Waals surface area contributed by atoms with Crippen LogP contribution in [0.5, 0.6) is 0 Å². The molecular weight excluding hydrogens is 202 g/mol. The summed E-state index contributed by atoms with van der Waals surface area (Å²) in [6.45, 7) is 7.01. The quantitative estimate of drug-likeness (QED) is 0.586. The van der Waals surface area contributed by atoms with Crippen molar-refractivity contribution in [3.05, 3.63) is 48.0 Å². The molecule has 0 amide bonds. The number of carbonyl (C=O) groups excluding carboxylic acids is 1. The fraction of sp³-hybridized carbons (Fsp3) is 0.308.